The maximum absolute atomic E-state index is 12.9. The summed E-state index contributed by atoms with van der Waals surface area (Å²) >= 11 is 0. The first-order valence-corrected chi connectivity index (χ1v) is 5.07. The molecule has 0 bridgehead atoms. The molecule has 0 fully saturated rings. The van der Waals surface area contributed by atoms with Crippen LogP contribution in [0.15, 0.2) is 24.3 Å². The summed E-state index contributed by atoms with van der Waals surface area (Å²) in [6.07, 6.45) is 0. The minimum atomic E-state index is -0.293. The van der Waals surface area contributed by atoms with Gasteiger partial charge in [0.1, 0.15) is 0 Å². The fraction of sp³-hybridized carbons (Fsp3) is 0.500. The summed E-state index contributed by atoms with van der Waals surface area (Å²) in [5.41, 5.74) is 0. The molecule has 1 nitrogen and oxygen atoms in total. The quantitative estimate of drug-likeness (QED) is 0.716. The lowest BCUT2D eigenvalue weighted by molar-refractivity contribution is 0.259. The van der Waals surface area contributed by atoms with Crippen LogP contribution in [0, 0.1) is 11.7 Å². The first-order chi connectivity index (χ1) is 6.70. The van der Waals surface area contributed by atoms with Crippen LogP contribution in [0.3, 0.4) is 0 Å². The minimum absolute atomic E-state index is 0.293. The van der Waals surface area contributed by atoms with Crippen molar-refractivity contribution in [1.82, 2.24) is 0 Å². The van der Waals surface area contributed by atoms with E-state index in [0.717, 1.165) is 0 Å². The molecule has 0 amide bonds. The van der Waals surface area contributed by atoms with E-state index in [0.29, 0.717) is 18.3 Å². The van der Waals surface area contributed by atoms with Crippen LogP contribution in [-0.4, -0.2) is 6.61 Å². The van der Waals surface area contributed by atoms with E-state index in [-0.39, 0.29) is 5.82 Å². The standard InChI is InChI=1S/C10H13FO.C2H6/c1-8(2)7-12-10-6-4-3-5-9(10)11;1-2/h3-6,8H,7H2,1-2H3;1-2H3. The summed E-state index contributed by atoms with van der Waals surface area (Å²) in [7, 11) is 0. The molecule has 14 heavy (non-hydrogen) atoms. The molecule has 0 N–H and O–H groups in total. The van der Waals surface area contributed by atoms with Crippen LogP contribution >= 0.6 is 0 Å². The number of halogens is 1. The lowest BCUT2D eigenvalue weighted by Gasteiger charge is -2.08. The number of benzene rings is 1. The van der Waals surface area contributed by atoms with Gasteiger partial charge >= 0.3 is 0 Å². The van der Waals surface area contributed by atoms with Gasteiger partial charge in [-0.15, -0.1) is 0 Å². The van der Waals surface area contributed by atoms with Gasteiger partial charge in [-0.3, -0.25) is 0 Å². The Kier molecular flexibility index (Phi) is 6.81. The van der Waals surface area contributed by atoms with Gasteiger partial charge in [-0.25, -0.2) is 4.39 Å². The number of hydrogen-bond donors (Lipinski definition) is 0. The molecule has 0 aliphatic heterocycles. The topological polar surface area (TPSA) is 9.23 Å². The van der Waals surface area contributed by atoms with E-state index in [1.165, 1.54) is 6.07 Å². The molecule has 2 heteroatoms. The lowest BCUT2D eigenvalue weighted by atomic mass is 10.2. The summed E-state index contributed by atoms with van der Waals surface area (Å²) in [4.78, 5) is 0. The highest BCUT2D eigenvalue weighted by Gasteiger charge is 2.01. The van der Waals surface area contributed by atoms with Crippen molar-refractivity contribution in [2.24, 2.45) is 5.92 Å². The summed E-state index contributed by atoms with van der Waals surface area (Å²) in [6.45, 7) is 8.61. The van der Waals surface area contributed by atoms with E-state index < -0.39 is 0 Å². The fourth-order valence-corrected chi connectivity index (χ4v) is 0.818. The smallest absolute Gasteiger partial charge is 0.165 e. The van der Waals surface area contributed by atoms with E-state index in [1.54, 1.807) is 18.2 Å². The SMILES string of the molecule is CC.CC(C)COc1ccccc1F. The summed E-state index contributed by atoms with van der Waals surface area (Å²) < 4.78 is 18.1. The molecule has 0 saturated carbocycles. The van der Waals surface area contributed by atoms with Crippen LogP contribution in [0.2, 0.25) is 0 Å². The van der Waals surface area contributed by atoms with Gasteiger partial charge in [0.2, 0.25) is 0 Å². The summed E-state index contributed by atoms with van der Waals surface area (Å²) in [5, 5.41) is 0. The molecule has 0 spiro atoms. The maximum Gasteiger partial charge on any atom is 0.165 e. The van der Waals surface area contributed by atoms with Crippen LogP contribution in [0.1, 0.15) is 27.7 Å². The summed E-state index contributed by atoms with van der Waals surface area (Å²) in [5.74, 6) is 0.467. The molecule has 0 aliphatic carbocycles. The van der Waals surface area contributed by atoms with Crippen LogP contribution in [0.4, 0.5) is 4.39 Å². The van der Waals surface area contributed by atoms with Gasteiger partial charge in [0, 0.05) is 0 Å². The Bertz CT molecular complexity index is 246. The molecule has 0 unspecified atom stereocenters. The van der Waals surface area contributed by atoms with E-state index in [4.69, 9.17) is 4.74 Å². The Morgan fingerprint density at radius 2 is 1.79 bits per heavy atom. The predicted molar refractivity (Wildman–Crippen MR) is 58.1 cm³/mol. The molecule has 1 aromatic carbocycles. The molecule has 0 atom stereocenters. The molecule has 0 aliphatic rings. The second-order valence-corrected chi connectivity index (χ2v) is 3.14. The number of para-hydroxylation sites is 1. The third-order valence-corrected chi connectivity index (χ3v) is 1.41. The lowest BCUT2D eigenvalue weighted by Crippen LogP contribution is -2.05. The largest absolute Gasteiger partial charge is 0.490 e. The highest BCUT2D eigenvalue weighted by molar-refractivity contribution is 5.23. The molecule has 0 radical (unpaired) electrons. The first kappa shape index (κ1) is 12.9. The van der Waals surface area contributed by atoms with Crippen molar-refractivity contribution in [1.29, 1.82) is 0 Å². The highest BCUT2D eigenvalue weighted by atomic mass is 19.1. The van der Waals surface area contributed by atoms with Crippen LogP contribution in [0.5, 0.6) is 5.75 Å². The number of ether oxygens (including phenoxy) is 1. The van der Waals surface area contributed by atoms with Crippen molar-refractivity contribution in [3.05, 3.63) is 30.1 Å². The van der Waals surface area contributed by atoms with Gasteiger partial charge < -0.3 is 4.74 Å². The van der Waals surface area contributed by atoms with Crippen LogP contribution in [0.25, 0.3) is 0 Å². The van der Waals surface area contributed by atoms with Gasteiger partial charge in [0.15, 0.2) is 11.6 Å². The van der Waals surface area contributed by atoms with Gasteiger partial charge in [-0.1, -0.05) is 39.8 Å². The number of rotatable bonds is 3. The van der Waals surface area contributed by atoms with Crippen molar-refractivity contribution in [2.75, 3.05) is 6.61 Å². The average molecular weight is 198 g/mol. The fourth-order valence-electron chi connectivity index (χ4n) is 0.818. The van der Waals surface area contributed by atoms with Crippen molar-refractivity contribution in [3.8, 4) is 5.75 Å². The molecule has 0 heterocycles. The highest BCUT2D eigenvalue weighted by Crippen LogP contribution is 2.15. The van der Waals surface area contributed by atoms with E-state index in [2.05, 4.69) is 0 Å². The predicted octanol–water partition coefficient (Wildman–Crippen LogP) is 3.89. The normalized spacial score (nSPS) is 9.29. The van der Waals surface area contributed by atoms with Crippen molar-refractivity contribution in [3.63, 3.8) is 0 Å². The van der Waals surface area contributed by atoms with Crippen LogP contribution in [-0.2, 0) is 0 Å². The van der Waals surface area contributed by atoms with Crippen LogP contribution < -0.4 is 4.74 Å². The van der Waals surface area contributed by atoms with Crippen molar-refractivity contribution >= 4 is 0 Å². The molecular formula is C12H19FO. The van der Waals surface area contributed by atoms with Crippen molar-refractivity contribution < 1.29 is 9.13 Å². The maximum atomic E-state index is 12.9. The Morgan fingerprint density at radius 3 is 2.29 bits per heavy atom. The van der Waals surface area contributed by atoms with Gasteiger partial charge in [-0.05, 0) is 18.1 Å². The number of hydrogen-bond acceptors (Lipinski definition) is 1. The molecule has 1 rings (SSSR count). The summed E-state index contributed by atoms with van der Waals surface area (Å²) in [6, 6.07) is 6.45. The minimum Gasteiger partial charge on any atom is -0.490 e. The molecule has 80 valence electrons. The van der Waals surface area contributed by atoms with E-state index in [9.17, 15) is 4.39 Å². The molecule has 0 saturated heterocycles. The molecular weight excluding hydrogens is 179 g/mol. The monoisotopic (exact) mass is 198 g/mol. The third kappa shape index (κ3) is 4.85. The van der Waals surface area contributed by atoms with Crippen molar-refractivity contribution in [2.45, 2.75) is 27.7 Å². The second kappa shape index (κ2) is 7.36. The molecule has 1 aromatic rings. The van der Waals surface area contributed by atoms with Gasteiger partial charge in [-0.2, -0.15) is 0 Å². The Balaban J connectivity index is 0.000000791. The first-order valence-electron chi connectivity index (χ1n) is 5.07. The Morgan fingerprint density at radius 1 is 1.21 bits per heavy atom. The van der Waals surface area contributed by atoms with E-state index in [1.807, 2.05) is 27.7 Å². The third-order valence-electron chi connectivity index (χ3n) is 1.41. The van der Waals surface area contributed by atoms with E-state index >= 15 is 0 Å². The second-order valence-electron chi connectivity index (χ2n) is 3.14. The van der Waals surface area contributed by atoms with Gasteiger partial charge in [0.25, 0.3) is 0 Å². The molecule has 0 aromatic heterocycles. The zero-order chi connectivity index (χ0) is 11.0. The van der Waals surface area contributed by atoms with Gasteiger partial charge in [0.05, 0.1) is 6.61 Å². The zero-order valence-corrected chi connectivity index (χ0v) is 9.38. The average Bonchev–Trinajstić information content (AvgIpc) is 2.19. The zero-order valence-electron chi connectivity index (χ0n) is 9.38. The Labute approximate surface area is 85.9 Å². The Hall–Kier alpha value is -1.05.